The number of hydrogen-bond acceptors (Lipinski definition) is 5. The first kappa shape index (κ1) is 18.4. The smallest absolute Gasteiger partial charge is 0.252 e. The molecule has 25 heavy (non-hydrogen) atoms. The highest BCUT2D eigenvalue weighted by atomic mass is 32.2. The summed E-state index contributed by atoms with van der Waals surface area (Å²) < 4.78 is 26.9. The van der Waals surface area contributed by atoms with Crippen LogP contribution in [0.25, 0.3) is 0 Å². The van der Waals surface area contributed by atoms with Gasteiger partial charge in [-0.3, -0.25) is 4.79 Å². The highest BCUT2D eigenvalue weighted by Gasteiger charge is 2.28. The molecule has 0 unspecified atom stereocenters. The first-order chi connectivity index (χ1) is 12.0. The van der Waals surface area contributed by atoms with Crippen LogP contribution in [-0.2, 0) is 21.2 Å². The Morgan fingerprint density at radius 3 is 2.48 bits per heavy atom. The maximum absolute atomic E-state index is 12.5. The molecule has 134 valence electrons. The van der Waals surface area contributed by atoms with E-state index in [0.29, 0.717) is 17.3 Å². The predicted octanol–water partition coefficient (Wildman–Crippen LogP) is 3.44. The molecule has 0 saturated carbocycles. The fourth-order valence-corrected chi connectivity index (χ4v) is 6.12. The van der Waals surface area contributed by atoms with E-state index < -0.39 is 10.0 Å². The molecule has 1 aliphatic rings. The quantitative estimate of drug-likeness (QED) is 0.760. The third kappa shape index (κ3) is 4.44. The number of nitrogens with one attached hydrogen (secondary N) is 1. The maximum Gasteiger partial charge on any atom is 0.252 e. The molecule has 8 heteroatoms. The third-order valence-electron chi connectivity index (χ3n) is 4.00. The minimum atomic E-state index is -3.40. The number of carbonyl (C=O) groups is 1. The van der Waals surface area contributed by atoms with Crippen LogP contribution in [0.1, 0.15) is 17.7 Å². The second-order valence-corrected chi connectivity index (χ2v) is 10.00. The summed E-state index contributed by atoms with van der Waals surface area (Å²) in [4.78, 5) is 14.1. The summed E-state index contributed by atoms with van der Waals surface area (Å²) in [6, 6.07) is 11.0. The van der Waals surface area contributed by atoms with Gasteiger partial charge in [-0.25, -0.2) is 8.42 Å². The number of benzene rings is 1. The van der Waals surface area contributed by atoms with Crippen LogP contribution >= 0.6 is 23.1 Å². The molecule has 0 radical (unpaired) electrons. The average Bonchev–Trinajstić information content (AvgIpc) is 3.27. The summed E-state index contributed by atoms with van der Waals surface area (Å²) in [5.74, 6) is -0.149. The topological polar surface area (TPSA) is 66.5 Å². The molecular weight excluding hydrogens is 376 g/mol. The Kier molecular flexibility index (Phi) is 5.83. The largest absolute Gasteiger partial charge is 0.326 e. The van der Waals surface area contributed by atoms with E-state index in [0.717, 1.165) is 28.3 Å². The lowest BCUT2D eigenvalue weighted by Crippen LogP contribution is -2.27. The Balaban J connectivity index is 1.63. The standard InChI is InChI=1S/C17H20N2O3S3/c1-23-14-6-4-13(5-7-14)18-16(20)12-15-8-9-17(24-15)25(21,22)19-10-2-3-11-19/h4-9H,2-3,10-12H2,1H3,(H,18,20). The Morgan fingerprint density at radius 2 is 1.84 bits per heavy atom. The van der Waals surface area contributed by atoms with Crippen LogP contribution in [0, 0.1) is 0 Å². The number of amides is 1. The van der Waals surface area contributed by atoms with Gasteiger partial charge >= 0.3 is 0 Å². The number of sulfonamides is 1. The van der Waals surface area contributed by atoms with E-state index in [2.05, 4.69) is 5.32 Å². The van der Waals surface area contributed by atoms with E-state index in [-0.39, 0.29) is 12.3 Å². The van der Waals surface area contributed by atoms with Gasteiger partial charge in [-0.05, 0) is 55.5 Å². The first-order valence-corrected chi connectivity index (χ1v) is 11.5. The van der Waals surface area contributed by atoms with Crippen LogP contribution in [0.4, 0.5) is 5.69 Å². The first-order valence-electron chi connectivity index (χ1n) is 8.02. The minimum Gasteiger partial charge on any atom is -0.326 e. The minimum absolute atomic E-state index is 0.149. The number of nitrogens with zero attached hydrogens (tertiary/aromatic N) is 1. The molecule has 1 aromatic carbocycles. The highest BCUT2D eigenvalue weighted by molar-refractivity contribution is 7.98. The molecule has 3 rings (SSSR count). The molecule has 0 bridgehead atoms. The Bertz CT molecular complexity index is 838. The molecule has 1 saturated heterocycles. The fraction of sp³-hybridized carbons (Fsp3) is 0.353. The van der Waals surface area contributed by atoms with Gasteiger partial charge in [-0.15, -0.1) is 23.1 Å². The maximum atomic E-state index is 12.5. The Labute approximate surface area is 156 Å². The Hall–Kier alpha value is -1.35. The van der Waals surface area contributed by atoms with Gasteiger partial charge in [-0.1, -0.05) is 0 Å². The molecule has 1 amide bonds. The van der Waals surface area contributed by atoms with Crippen LogP contribution in [0.2, 0.25) is 0 Å². The van der Waals surface area contributed by atoms with Crippen LogP contribution in [0.3, 0.4) is 0 Å². The number of hydrogen-bond donors (Lipinski definition) is 1. The summed E-state index contributed by atoms with van der Waals surface area (Å²) in [5, 5.41) is 2.84. The van der Waals surface area contributed by atoms with Gasteiger partial charge in [0.05, 0.1) is 6.42 Å². The van der Waals surface area contributed by atoms with Gasteiger partial charge in [0.1, 0.15) is 4.21 Å². The molecule has 0 atom stereocenters. The van der Waals surface area contributed by atoms with Crippen molar-refractivity contribution >= 4 is 44.7 Å². The molecule has 2 aromatic rings. The van der Waals surface area contributed by atoms with Gasteiger partial charge in [0.2, 0.25) is 5.91 Å². The van der Waals surface area contributed by atoms with Crippen molar-refractivity contribution in [3.8, 4) is 0 Å². The summed E-state index contributed by atoms with van der Waals surface area (Å²) >= 11 is 2.82. The zero-order chi connectivity index (χ0) is 17.9. The van der Waals surface area contributed by atoms with E-state index in [1.165, 1.54) is 15.6 Å². The van der Waals surface area contributed by atoms with Gasteiger partial charge in [-0.2, -0.15) is 4.31 Å². The normalized spacial score (nSPS) is 15.4. The summed E-state index contributed by atoms with van der Waals surface area (Å²) in [7, 11) is -3.40. The number of thioether (sulfide) groups is 1. The van der Waals surface area contributed by atoms with Gasteiger partial charge < -0.3 is 5.32 Å². The van der Waals surface area contributed by atoms with Crippen LogP contribution in [0.5, 0.6) is 0 Å². The monoisotopic (exact) mass is 396 g/mol. The van der Waals surface area contributed by atoms with E-state index in [1.54, 1.807) is 23.9 Å². The molecule has 2 heterocycles. The molecule has 1 aliphatic heterocycles. The number of rotatable bonds is 6. The van der Waals surface area contributed by atoms with Crippen molar-refractivity contribution in [2.24, 2.45) is 0 Å². The molecule has 5 nitrogen and oxygen atoms in total. The summed E-state index contributed by atoms with van der Waals surface area (Å²) in [6.07, 6.45) is 3.99. The molecule has 0 aliphatic carbocycles. The summed E-state index contributed by atoms with van der Waals surface area (Å²) in [5.41, 5.74) is 0.740. The SMILES string of the molecule is CSc1ccc(NC(=O)Cc2ccc(S(=O)(=O)N3CCCC3)s2)cc1. The van der Waals surface area contributed by atoms with Gasteiger partial charge in [0, 0.05) is 28.5 Å². The number of anilines is 1. The van der Waals surface area contributed by atoms with Crippen molar-refractivity contribution in [1.29, 1.82) is 0 Å². The second-order valence-electron chi connectivity index (χ2n) is 5.79. The lowest BCUT2D eigenvalue weighted by Gasteiger charge is -2.13. The highest BCUT2D eigenvalue weighted by Crippen LogP contribution is 2.27. The zero-order valence-electron chi connectivity index (χ0n) is 13.9. The van der Waals surface area contributed by atoms with Crippen molar-refractivity contribution in [2.75, 3.05) is 24.7 Å². The molecule has 1 N–H and O–H groups in total. The van der Waals surface area contributed by atoms with Crippen LogP contribution in [-0.4, -0.2) is 38.0 Å². The lowest BCUT2D eigenvalue weighted by molar-refractivity contribution is -0.115. The van der Waals surface area contributed by atoms with Crippen molar-refractivity contribution in [2.45, 2.75) is 28.4 Å². The average molecular weight is 397 g/mol. The fourth-order valence-electron chi connectivity index (χ4n) is 2.69. The molecule has 1 fully saturated rings. The van der Waals surface area contributed by atoms with E-state index in [1.807, 2.05) is 30.5 Å². The van der Waals surface area contributed by atoms with Crippen molar-refractivity contribution in [1.82, 2.24) is 4.31 Å². The van der Waals surface area contributed by atoms with E-state index in [4.69, 9.17) is 0 Å². The Morgan fingerprint density at radius 1 is 1.16 bits per heavy atom. The van der Waals surface area contributed by atoms with Crippen molar-refractivity contribution in [3.05, 3.63) is 41.3 Å². The summed E-state index contributed by atoms with van der Waals surface area (Å²) in [6.45, 7) is 1.17. The van der Waals surface area contributed by atoms with E-state index in [9.17, 15) is 13.2 Å². The van der Waals surface area contributed by atoms with Crippen LogP contribution < -0.4 is 5.32 Å². The van der Waals surface area contributed by atoms with Crippen molar-refractivity contribution in [3.63, 3.8) is 0 Å². The predicted molar refractivity (Wildman–Crippen MR) is 103 cm³/mol. The molecular formula is C17H20N2O3S3. The molecule has 1 aromatic heterocycles. The number of carbonyl (C=O) groups excluding carboxylic acids is 1. The zero-order valence-corrected chi connectivity index (χ0v) is 16.3. The van der Waals surface area contributed by atoms with Crippen molar-refractivity contribution < 1.29 is 13.2 Å². The third-order valence-corrected chi connectivity index (χ3v) is 8.20. The van der Waals surface area contributed by atoms with Gasteiger partial charge in [0.25, 0.3) is 10.0 Å². The number of thiophene rings is 1. The van der Waals surface area contributed by atoms with E-state index >= 15 is 0 Å². The van der Waals surface area contributed by atoms with Gasteiger partial charge in [0.15, 0.2) is 0 Å². The molecule has 0 spiro atoms. The lowest BCUT2D eigenvalue weighted by atomic mass is 10.3. The van der Waals surface area contributed by atoms with Crippen LogP contribution in [0.15, 0.2) is 45.5 Å². The second kappa shape index (κ2) is 7.90.